The highest BCUT2D eigenvalue weighted by Gasteiger charge is 2.22. The number of urea groups is 1. The number of carboxylic acid groups (broad SMARTS) is 1. The van der Waals surface area contributed by atoms with Crippen molar-refractivity contribution in [1.82, 2.24) is 10.6 Å². The molecule has 0 saturated heterocycles. The van der Waals surface area contributed by atoms with E-state index >= 15 is 0 Å². The van der Waals surface area contributed by atoms with E-state index < -0.39 is 18.0 Å². The van der Waals surface area contributed by atoms with Gasteiger partial charge in [-0.15, -0.1) is 0 Å². The van der Waals surface area contributed by atoms with E-state index in [1.54, 1.807) is 26.0 Å². The summed E-state index contributed by atoms with van der Waals surface area (Å²) in [7, 11) is 0. The highest BCUT2D eigenvalue weighted by molar-refractivity contribution is 6.32. The maximum atomic E-state index is 11.6. The van der Waals surface area contributed by atoms with Crippen molar-refractivity contribution in [3.8, 4) is 5.75 Å². The number of halogens is 1. The second kappa shape index (κ2) is 9.15. The molecule has 0 fully saturated rings. The number of hydrogen-bond acceptors (Lipinski definition) is 3. The molecule has 0 aromatic heterocycles. The average Bonchev–Trinajstić information content (AvgIpc) is 2.45. The predicted octanol–water partition coefficient (Wildman–Crippen LogP) is 2.52. The van der Waals surface area contributed by atoms with Crippen LogP contribution in [0.5, 0.6) is 5.75 Å². The number of carbonyl (C=O) groups is 2. The second-order valence-electron chi connectivity index (χ2n) is 5.09. The van der Waals surface area contributed by atoms with Crippen molar-refractivity contribution in [3.05, 3.63) is 29.3 Å². The van der Waals surface area contributed by atoms with Crippen molar-refractivity contribution >= 4 is 23.6 Å². The number of nitrogens with one attached hydrogen (secondary N) is 2. The van der Waals surface area contributed by atoms with Crippen LogP contribution >= 0.6 is 11.6 Å². The minimum atomic E-state index is -1.05. The summed E-state index contributed by atoms with van der Waals surface area (Å²) in [5.74, 6) is -0.640. The molecule has 0 aliphatic rings. The Hall–Kier alpha value is -1.95. The summed E-state index contributed by atoms with van der Waals surface area (Å²) in [5.41, 5.74) is 0. The lowest BCUT2D eigenvalue weighted by Gasteiger charge is -2.18. The van der Waals surface area contributed by atoms with Gasteiger partial charge in [0.2, 0.25) is 0 Å². The Bertz CT molecular complexity index is 508. The molecular formula is C15H21ClN2O4. The molecule has 1 unspecified atom stereocenters. The number of carbonyl (C=O) groups excluding carboxylic acids is 1. The molecule has 0 radical (unpaired) electrons. The third kappa shape index (κ3) is 6.22. The monoisotopic (exact) mass is 328 g/mol. The number of para-hydroxylation sites is 1. The Labute approximate surface area is 134 Å². The summed E-state index contributed by atoms with van der Waals surface area (Å²) in [5, 5.41) is 14.5. The van der Waals surface area contributed by atoms with Gasteiger partial charge in [-0.05, 0) is 24.5 Å². The lowest BCUT2D eigenvalue weighted by atomic mass is 10.1. The van der Waals surface area contributed by atoms with E-state index in [0.29, 0.717) is 30.3 Å². The van der Waals surface area contributed by atoms with Crippen LogP contribution in [0, 0.1) is 5.92 Å². The van der Waals surface area contributed by atoms with Crippen molar-refractivity contribution < 1.29 is 19.4 Å². The number of amides is 2. The molecule has 22 heavy (non-hydrogen) atoms. The van der Waals surface area contributed by atoms with E-state index in [0.717, 1.165) is 0 Å². The van der Waals surface area contributed by atoms with Crippen LogP contribution in [-0.4, -0.2) is 36.3 Å². The van der Waals surface area contributed by atoms with E-state index in [-0.39, 0.29) is 5.92 Å². The molecule has 6 nitrogen and oxygen atoms in total. The van der Waals surface area contributed by atoms with Crippen LogP contribution in [0.15, 0.2) is 24.3 Å². The largest absolute Gasteiger partial charge is 0.492 e. The summed E-state index contributed by atoms with van der Waals surface area (Å²) in [6.07, 6.45) is 0.581. The highest BCUT2D eigenvalue weighted by atomic mass is 35.5. The minimum absolute atomic E-state index is 0.188. The fourth-order valence-electron chi connectivity index (χ4n) is 1.72. The Morgan fingerprint density at radius 1 is 1.32 bits per heavy atom. The molecule has 1 aromatic carbocycles. The van der Waals surface area contributed by atoms with Gasteiger partial charge in [0, 0.05) is 6.54 Å². The molecule has 1 atom stereocenters. The fourth-order valence-corrected chi connectivity index (χ4v) is 1.91. The van der Waals surface area contributed by atoms with E-state index in [1.807, 2.05) is 12.1 Å². The number of ether oxygens (including phenoxy) is 1. The molecule has 1 aromatic rings. The standard InChI is InChI=1S/C15H21ClN2O4/c1-10(2)13(14(19)20)18-15(21)17-8-5-9-22-12-7-4-3-6-11(12)16/h3-4,6-7,10,13H,5,8-9H2,1-2H3,(H,19,20)(H2,17,18,21). The maximum absolute atomic E-state index is 11.6. The van der Waals surface area contributed by atoms with Gasteiger partial charge in [0.1, 0.15) is 11.8 Å². The van der Waals surface area contributed by atoms with E-state index in [9.17, 15) is 9.59 Å². The predicted molar refractivity (Wildman–Crippen MR) is 84.4 cm³/mol. The van der Waals surface area contributed by atoms with Crippen molar-refractivity contribution in [2.45, 2.75) is 26.3 Å². The molecule has 0 bridgehead atoms. The van der Waals surface area contributed by atoms with Crippen LogP contribution in [0.4, 0.5) is 4.79 Å². The highest BCUT2D eigenvalue weighted by Crippen LogP contribution is 2.22. The Kier molecular flexibility index (Phi) is 7.52. The second-order valence-corrected chi connectivity index (χ2v) is 5.50. The Morgan fingerprint density at radius 3 is 2.59 bits per heavy atom. The molecule has 0 heterocycles. The van der Waals surface area contributed by atoms with Gasteiger partial charge < -0.3 is 20.5 Å². The number of rotatable bonds is 8. The van der Waals surface area contributed by atoms with Crippen molar-refractivity contribution in [2.24, 2.45) is 5.92 Å². The molecule has 1 rings (SSSR count). The molecule has 3 N–H and O–H groups in total. The topological polar surface area (TPSA) is 87.7 Å². The zero-order valence-electron chi connectivity index (χ0n) is 12.6. The quantitative estimate of drug-likeness (QED) is 0.640. The first kappa shape index (κ1) is 18.1. The van der Waals surface area contributed by atoms with Crippen molar-refractivity contribution in [3.63, 3.8) is 0 Å². The van der Waals surface area contributed by atoms with Crippen LogP contribution in [0.2, 0.25) is 5.02 Å². The van der Waals surface area contributed by atoms with E-state index in [1.165, 1.54) is 0 Å². The summed E-state index contributed by atoms with van der Waals surface area (Å²) < 4.78 is 5.48. The molecule has 122 valence electrons. The number of benzene rings is 1. The lowest BCUT2D eigenvalue weighted by Crippen LogP contribution is -2.48. The smallest absolute Gasteiger partial charge is 0.326 e. The first-order chi connectivity index (χ1) is 10.4. The van der Waals surface area contributed by atoms with Gasteiger partial charge in [0.05, 0.1) is 11.6 Å². The van der Waals surface area contributed by atoms with Gasteiger partial charge in [-0.2, -0.15) is 0 Å². The van der Waals surface area contributed by atoms with Crippen LogP contribution in [-0.2, 0) is 4.79 Å². The third-order valence-corrected chi connectivity index (χ3v) is 3.23. The van der Waals surface area contributed by atoms with Gasteiger partial charge in [0.15, 0.2) is 0 Å². The van der Waals surface area contributed by atoms with Crippen LogP contribution < -0.4 is 15.4 Å². The van der Waals surface area contributed by atoms with Gasteiger partial charge in [-0.1, -0.05) is 37.6 Å². The summed E-state index contributed by atoms with van der Waals surface area (Å²) in [6.45, 7) is 4.24. The zero-order chi connectivity index (χ0) is 16.5. The van der Waals surface area contributed by atoms with Gasteiger partial charge in [-0.3, -0.25) is 0 Å². The Morgan fingerprint density at radius 2 is 2.00 bits per heavy atom. The fraction of sp³-hybridized carbons (Fsp3) is 0.467. The molecule has 7 heteroatoms. The number of aliphatic carboxylic acids is 1. The minimum Gasteiger partial charge on any atom is -0.492 e. The van der Waals surface area contributed by atoms with Gasteiger partial charge in [-0.25, -0.2) is 9.59 Å². The Balaban J connectivity index is 2.23. The van der Waals surface area contributed by atoms with Crippen LogP contribution in [0.3, 0.4) is 0 Å². The molecular weight excluding hydrogens is 308 g/mol. The van der Waals surface area contributed by atoms with Crippen LogP contribution in [0.25, 0.3) is 0 Å². The molecule has 2 amide bonds. The molecule has 0 aliphatic carbocycles. The number of carboxylic acids is 1. The van der Waals surface area contributed by atoms with Crippen molar-refractivity contribution in [1.29, 1.82) is 0 Å². The van der Waals surface area contributed by atoms with Gasteiger partial charge in [0.25, 0.3) is 0 Å². The normalized spacial score (nSPS) is 11.8. The van der Waals surface area contributed by atoms with Crippen molar-refractivity contribution in [2.75, 3.05) is 13.2 Å². The molecule has 0 aliphatic heterocycles. The van der Waals surface area contributed by atoms with Gasteiger partial charge >= 0.3 is 12.0 Å². The summed E-state index contributed by atoms with van der Waals surface area (Å²) in [6, 6.07) is 5.74. The zero-order valence-corrected chi connectivity index (χ0v) is 13.4. The molecule has 0 saturated carbocycles. The SMILES string of the molecule is CC(C)C(NC(=O)NCCCOc1ccccc1Cl)C(=O)O. The summed E-state index contributed by atoms with van der Waals surface area (Å²) in [4.78, 5) is 22.6. The first-order valence-electron chi connectivity index (χ1n) is 7.06. The maximum Gasteiger partial charge on any atom is 0.326 e. The lowest BCUT2D eigenvalue weighted by molar-refractivity contribution is -0.140. The number of hydrogen-bond donors (Lipinski definition) is 3. The average molecular weight is 329 g/mol. The molecule has 0 spiro atoms. The van der Waals surface area contributed by atoms with E-state index in [2.05, 4.69) is 10.6 Å². The van der Waals surface area contributed by atoms with E-state index in [4.69, 9.17) is 21.4 Å². The first-order valence-corrected chi connectivity index (χ1v) is 7.44. The third-order valence-electron chi connectivity index (χ3n) is 2.92. The van der Waals surface area contributed by atoms with Crippen LogP contribution in [0.1, 0.15) is 20.3 Å². The summed E-state index contributed by atoms with van der Waals surface area (Å²) >= 11 is 5.94.